The highest BCUT2D eigenvalue weighted by Gasteiger charge is 2.38. The summed E-state index contributed by atoms with van der Waals surface area (Å²) in [7, 11) is 4.09. The van der Waals surface area contributed by atoms with Gasteiger partial charge in [0.25, 0.3) is 0 Å². The topological polar surface area (TPSA) is 23.5 Å². The van der Waals surface area contributed by atoms with Gasteiger partial charge in [0.2, 0.25) is 0 Å². The van der Waals surface area contributed by atoms with Gasteiger partial charge < -0.3 is 10.0 Å². The number of aliphatic hydroxyl groups excluding tert-OH is 1. The molecule has 0 spiro atoms. The Morgan fingerprint density at radius 2 is 2.07 bits per heavy atom. The molecule has 0 heterocycles. The van der Waals surface area contributed by atoms with Gasteiger partial charge >= 0.3 is 0 Å². The lowest BCUT2D eigenvalue weighted by Gasteiger charge is -2.41. The van der Waals surface area contributed by atoms with Crippen LogP contribution in [0.5, 0.6) is 0 Å². The van der Waals surface area contributed by atoms with E-state index < -0.39 is 0 Å². The van der Waals surface area contributed by atoms with Gasteiger partial charge in [0.05, 0.1) is 6.61 Å². The smallest absolute Gasteiger partial charge is 0.0527 e. The lowest BCUT2D eigenvalue weighted by molar-refractivity contribution is 0.120. The largest absolute Gasteiger partial charge is 0.395 e. The van der Waals surface area contributed by atoms with Crippen LogP contribution in [-0.4, -0.2) is 25.8 Å². The van der Waals surface area contributed by atoms with Crippen LogP contribution in [-0.2, 0) is 5.41 Å². The summed E-state index contributed by atoms with van der Waals surface area (Å²) in [6.45, 7) is 0.282. The van der Waals surface area contributed by atoms with E-state index in [0.29, 0.717) is 0 Å². The van der Waals surface area contributed by atoms with Gasteiger partial charge in [-0.15, -0.1) is 0 Å². The second-order valence-corrected chi connectivity index (χ2v) is 4.74. The van der Waals surface area contributed by atoms with E-state index in [-0.39, 0.29) is 12.0 Å². The molecule has 0 radical (unpaired) electrons. The van der Waals surface area contributed by atoms with E-state index in [1.165, 1.54) is 17.7 Å². The van der Waals surface area contributed by atoms with Crippen molar-refractivity contribution in [3.8, 4) is 0 Å². The van der Waals surface area contributed by atoms with Crippen molar-refractivity contribution in [3.05, 3.63) is 29.8 Å². The molecule has 1 aromatic carbocycles. The molecule has 0 bridgehead atoms. The fourth-order valence-corrected chi connectivity index (χ4v) is 2.26. The Morgan fingerprint density at radius 1 is 1.33 bits per heavy atom. The maximum atomic E-state index is 9.51. The van der Waals surface area contributed by atoms with Gasteiger partial charge in [-0.3, -0.25) is 0 Å². The lowest BCUT2D eigenvalue weighted by Crippen LogP contribution is -2.37. The van der Waals surface area contributed by atoms with Gasteiger partial charge in [-0.05, 0) is 30.5 Å². The summed E-state index contributed by atoms with van der Waals surface area (Å²) in [4.78, 5) is 2.10. The zero-order valence-corrected chi connectivity index (χ0v) is 9.53. The number of rotatable bonds is 3. The average molecular weight is 205 g/mol. The van der Waals surface area contributed by atoms with E-state index in [2.05, 4.69) is 29.2 Å². The van der Waals surface area contributed by atoms with Crippen LogP contribution in [0.25, 0.3) is 0 Å². The first-order valence-corrected chi connectivity index (χ1v) is 5.57. The normalized spacial score (nSPS) is 18.3. The first-order valence-electron chi connectivity index (χ1n) is 5.57. The zero-order valence-electron chi connectivity index (χ0n) is 9.53. The van der Waals surface area contributed by atoms with E-state index in [9.17, 15) is 5.11 Å². The predicted molar refractivity (Wildman–Crippen MR) is 63.4 cm³/mol. The second-order valence-electron chi connectivity index (χ2n) is 4.74. The Labute approximate surface area is 91.5 Å². The van der Waals surface area contributed by atoms with Crippen LogP contribution >= 0.6 is 0 Å². The third kappa shape index (κ3) is 1.74. The molecule has 1 N–H and O–H groups in total. The Kier molecular flexibility index (Phi) is 2.70. The minimum Gasteiger partial charge on any atom is -0.395 e. The minimum atomic E-state index is 0.0615. The molecule has 1 aromatic rings. The van der Waals surface area contributed by atoms with Crippen LogP contribution < -0.4 is 4.90 Å². The van der Waals surface area contributed by atoms with E-state index in [1.807, 2.05) is 14.1 Å². The molecule has 2 nitrogen and oxygen atoms in total. The van der Waals surface area contributed by atoms with Gasteiger partial charge in [-0.25, -0.2) is 0 Å². The standard InChI is InChI=1S/C13H19NO/c1-14(2)12-6-3-5-11(9-12)13(10-15)7-4-8-13/h3,5-6,9,15H,4,7-8,10H2,1-2H3. The zero-order chi connectivity index (χ0) is 10.9. The molecule has 0 amide bonds. The first kappa shape index (κ1) is 10.5. The van der Waals surface area contributed by atoms with Crippen molar-refractivity contribution in [1.29, 1.82) is 0 Å². The van der Waals surface area contributed by atoms with Crippen molar-refractivity contribution in [2.45, 2.75) is 24.7 Å². The van der Waals surface area contributed by atoms with Gasteiger partial charge in [0.15, 0.2) is 0 Å². The first-order chi connectivity index (χ1) is 7.18. The molecule has 1 fully saturated rings. The summed E-state index contributed by atoms with van der Waals surface area (Å²) in [5.41, 5.74) is 2.57. The number of nitrogens with zero attached hydrogens (tertiary/aromatic N) is 1. The molecule has 0 unspecified atom stereocenters. The van der Waals surface area contributed by atoms with Crippen LogP contribution in [0.4, 0.5) is 5.69 Å². The van der Waals surface area contributed by atoms with Crippen molar-refractivity contribution in [2.24, 2.45) is 0 Å². The fraction of sp³-hybridized carbons (Fsp3) is 0.538. The quantitative estimate of drug-likeness (QED) is 0.817. The maximum Gasteiger partial charge on any atom is 0.0527 e. The molecule has 2 rings (SSSR count). The van der Waals surface area contributed by atoms with Gasteiger partial charge in [0, 0.05) is 25.2 Å². The highest BCUT2D eigenvalue weighted by Crippen LogP contribution is 2.43. The van der Waals surface area contributed by atoms with Crippen molar-refractivity contribution in [2.75, 3.05) is 25.6 Å². The van der Waals surface area contributed by atoms with Gasteiger partial charge in [-0.2, -0.15) is 0 Å². The molecule has 1 saturated carbocycles. The van der Waals surface area contributed by atoms with Crippen molar-refractivity contribution in [3.63, 3.8) is 0 Å². The Bertz CT molecular complexity index is 337. The number of benzene rings is 1. The predicted octanol–water partition coefficient (Wildman–Crippen LogP) is 2.17. The molecule has 15 heavy (non-hydrogen) atoms. The Balaban J connectivity index is 2.31. The Hall–Kier alpha value is -1.02. The summed E-state index contributed by atoms with van der Waals surface area (Å²) in [6.07, 6.45) is 3.49. The molecule has 0 saturated heterocycles. The average Bonchev–Trinajstić information content (AvgIpc) is 2.17. The van der Waals surface area contributed by atoms with Crippen LogP contribution in [0.15, 0.2) is 24.3 Å². The number of aliphatic hydroxyl groups is 1. The SMILES string of the molecule is CN(C)c1cccc(C2(CO)CCC2)c1. The van der Waals surface area contributed by atoms with Crippen LogP contribution in [0, 0.1) is 0 Å². The van der Waals surface area contributed by atoms with E-state index >= 15 is 0 Å². The van der Waals surface area contributed by atoms with Crippen molar-refractivity contribution in [1.82, 2.24) is 0 Å². The highest BCUT2D eigenvalue weighted by atomic mass is 16.3. The third-order valence-electron chi connectivity index (χ3n) is 3.59. The minimum absolute atomic E-state index is 0.0615. The summed E-state index contributed by atoms with van der Waals surface area (Å²) in [5.74, 6) is 0. The number of hydrogen-bond donors (Lipinski definition) is 1. The molecule has 82 valence electrons. The van der Waals surface area contributed by atoms with Gasteiger partial charge in [0.1, 0.15) is 0 Å². The molecule has 1 aliphatic carbocycles. The monoisotopic (exact) mass is 205 g/mol. The summed E-state index contributed by atoms with van der Waals surface area (Å²) >= 11 is 0. The molecule has 2 heteroatoms. The maximum absolute atomic E-state index is 9.51. The van der Waals surface area contributed by atoms with E-state index in [0.717, 1.165) is 12.8 Å². The molecular weight excluding hydrogens is 186 g/mol. The number of hydrogen-bond acceptors (Lipinski definition) is 2. The molecule has 0 aromatic heterocycles. The molecular formula is C13H19NO. The summed E-state index contributed by atoms with van der Waals surface area (Å²) in [5, 5.41) is 9.51. The van der Waals surface area contributed by atoms with Crippen LogP contribution in [0.1, 0.15) is 24.8 Å². The Morgan fingerprint density at radius 3 is 2.53 bits per heavy atom. The van der Waals surface area contributed by atoms with Crippen molar-refractivity contribution >= 4 is 5.69 Å². The van der Waals surface area contributed by atoms with Crippen LogP contribution in [0.2, 0.25) is 0 Å². The fourth-order valence-electron chi connectivity index (χ4n) is 2.26. The van der Waals surface area contributed by atoms with Crippen molar-refractivity contribution < 1.29 is 5.11 Å². The summed E-state index contributed by atoms with van der Waals surface area (Å²) < 4.78 is 0. The van der Waals surface area contributed by atoms with E-state index in [1.54, 1.807) is 0 Å². The van der Waals surface area contributed by atoms with Gasteiger partial charge in [-0.1, -0.05) is 18.6 Å². The molecule has 0 atom stereocenters. The number of anilines is 1. The highest BCUT2D eigenvalue weighted by molar-refractivity contribution is 5.49. The summed E-state index contributed by atoms with van der Waals surface area (Å²) in [6, 6.07) is 8.53. The molecule has 0 aliphatic heterocycles. The second kappa shape index (κ2) is 3.86. The third-order valence-corrected chi connectivity index (χ3v) is 3.59. The van der Waals surface area contributed by atoms with E-state index in [4.69, 9.17) is 0 Å². The lowest BCUT2D eigenvalue weighted by atomic mass is 9.65. The molecule has 1 aliphatic rings. The van der Waals surface area contributed by atoms with Crippen LogP contribution in [0.3, 0.4) is 0 Å².